The molecule has 2 heterocycles. The zero-order valence-electron chi connectivity index (χ0n) is 20.7. The van der Waals surface area contributed by atoms with Crippen molar-refractivity contribution in [2.45, 2.75) is 58.5 Å². The molecule has 36 heavy (non-hydrogen) atoms. The number of aryl methyl sites for hydroxylation is 2. The van der Waals surface area contributed by atoms with E-state index in [2.05, 4.69) is 56.3 Å². The second kappa shape index (κ2) is 9.32. The predicted molar refractivity (Wildman–Crippen MR) is 134 cm³/mol. The predicted octanol–water partition coefficient (Wildman–Crippen LogP) is 5.91. The zero-order valence-corrected chi connectivity index (χ0v) is 20.7. The molecule has 1 N–H and O–H groups in total. The van der Waals surface area contributed by atoms with Crippen molar-refractivity contribution in [1.29, 1.82) is 0 Å². The molecule has 0 amide bonds. The number of rotatable bonds is 7. The summed E-state index contributed by atoms with van der Waals surface area (Å²) in [6.07, 6.45) is 7.63. The van der Waals surface area contributed by atoms with Crippen molar-refractivity contribution in [2.24, 2.45) is 17.8 Å². The molecule has 2 unspecified atom stereocenters. The number of hydrogen-bond donors (Lipinski definition) is 1. The maximum absolute atomic E-state index is 11.3. The van der Waals surface area contributed by atoms with Crippen LogP contribution in [0.2, 0.25) is 0 Å². The summed E-state index contributed by atoms with van der Waals surface area (Å²) in [4.78, 5) is 11.3. The first-order valence-corrected chi connectivity index (χ1v) is 12.9. The van der Waals surface area contributed by atoms with Gasteiger partial charge in [-0.15, -0.1) is 0 Å². The quantitative estimate of drug-likeness (QED) is 0.522. The molecule has 4 aliphatic rings. The second-order valence-corrected chi connectivity index (χ2v) is 10.4. The molecule has 0 bridgehead atoms. The van der Waals surface area contributed by atoms with Crippen LogP contribution >= 0.6 is 0 Å². The van der Waals surface area contributed by atoms with Gasteiger partial charge in [-0.2, -0.15) is 0 Å². The molecule has 6 rings (SSSR count). The third-order valence-electron chi connectivity index (χ3n) is 7.78. The van der Waals surface area contributed by atoms with Crippen molar-refractivity contribution < 1.29 is 28.8 Å². The molecule has 2 aliphatic heterocycles. The van der Waals surface area contributed by atoms with Gasteiger partial charge >= 0.3 is 5.97 Å². The summed E-state index contributed by atoms with van der Waals surface area (Å²) < 4.78 is 23.8. The van der Waals surface area contributed by atoms with Gasteiger partial charge in [-0.3, -0.25) is 4.79 Å². The summed E-state index contributed by atoms with van der Waals surface area (Å²) in [7, 11) is 0. The summed E-state index contributed by atoms with van der Waals surface area (Å²) in [6.45, 7) is 5.47. The number of carboxylic acids is 1. The smallest absolute Gasteiger partial charge is 0.310 e. The number of aliphatic carboxylic acids is 1. The van der Waals surface area contributed by atoms with Crippen LogP contribution in [0.5, 0.6) is 5.75 Å². The maximum atomic E-state index is 11.3. The normalized spacial score (nSPS) is 28.2. The minimum absolute atomic E-state index is 0.113. The summed E-state index contributed by atoms with van der Waals surface area (Å²) >= 11 is 0. The first-order chi connectivity index (χ1) is 17.5. The van der Waals surface area contributed by atoms with E-state index in [-0.39, 0.29) is 30.1 Å². The first-order valence-electron chi connectivity index (χ1n) is 12.9. The van der Waals surface area contributed by atoms with Crippen LogP contribution in [-0.4, -0.2) is 30.1 Å². The molecule has 0 radical (unpaired) electrons. The van der Waals surface area contributed by atoms with E-state index in [4.69, 9.17) is 18.9 Å². The van der Waals surface area contributed by atoms with E-state index in [9.17, 15) is 9.90 Å². The monoisotopic (exact) mass is 488 g/mol. The lowest BCUT2D eigenvalue weighted by Gasteiger charge is -2.24. The van der Waals surface area contributed by atoms with Gasteiger partial charge in [0.15, 0.2) is 6.29 Å². The molecule has 0 spiro atoms. The number of fused-ring (bicyclic) bond motifs is 3. The van der Waals surface area contributed by atoms with E-state index in [1.807, 2.05) is 6.08 Å². The summed E-state index contributed by atoms with van der Waals surface area (Å²) in [5.74, 6) is 1.72. The molecular formula is C30H32O6. The Bertz CT molecular complexity index is 1210. The van der Waals surface area contributed by atoms with Gasteiger partial charge in [0.2, 0.25) is 0 Å². The first kappa shape index (κ1) is 23.2. The van der Waals surface area contributed by atoms with E-state index < -0.39 is 5.97 Å². The Morgan fingerprint density at radius 3 is 2.72 bits per heavy atom. The Morgan fingerprint density at radius 2 is 1.97 bits per heavy atom. The van der Waals surface area contributed by atoms with E-state index in [0.717, 1.165) is 60.7 Å². The Balaban J connectivity index is 1.11. The fourth-order valence-electron chi connectivity index (χ4n) is 6.02. The molecule has 2 aromatic rings. The van der Waals surface area contributed by atoms with Gasteiger partial charge < -0.3 is 24.1 Å². The SMILES string of the molecule is Cc1cc(OC2CCCCO2)cc(C)c1-c1cccc(COC2=CCC3C(=C2)O[C@H]2[C@H](C(=O)O)[C@@H]32)c1. The van der Waals surface area contributed by atoms with E-state index in [1.165, 1.54) is 16.7 Å². The number of benzene rings is 2. The van der Waals surface area contributed by atoms with Crippen LogP contribution in [-0.2, 0) is 25.6 Å². The van der Waals surface area contributed by atoms with Gasteiger partial charge in [0.1, 0.15) is 35.9 Å². The van der Waals surface area contributed by atoms with E-state index in [1.54, 1.807) is 0 Å². The fraction of sp³-hybridized carbons (Fsp3) is 0.433. The highest BCUT2D eigenvalue weighted by Crippen LogP contribution is 2.59. The lowest BCUT2D eigenvalue weighted by Crippen LogP contribution is -2.25. The van der Waals surface area contributed by atoms with Gasteiger partial charge in [-0.05, 0) is 85.2 Å². The van der Waals surface area contributed by atoms with Gasteiger partial charge in [0.25, 0.3) is 0 Å². The van der Waals surface area contributed by atoms with Crippen LogP contribution in [0.3, 0.4) is 0 Å². The van der Waals surface area contributed by atoms with Gasteiger partial charge in [0.05, 0.1) is 6.61 Å². The van der Waals surface area contributed by atoms with Crippen LogP contribution in [0, 0.1) is 31.6 Å². The molecule has 0 aromatic heterocycles. The average molecular weight is 489 g/mol. The Hall–Kier alpha value is -3.25. The van der Waals surface area contributed by atoms with Crippen molar-refractivity contribution in [2.75, 3.05) is 6.61 Å². The minimum atomic E-state index is -0.749. The van der Waals surface area contributed by atoms with Crippen LogP contribution in [0.25, 0.3) is 11.1 Å². The van der Waals surface area contributed by atoms with Crippen molar-refractivity contribution in [3.8, 4) is 16.9 Å². The fourth-order valence-corrected chi connectivity index (χ4v) is 6.02. The molecule has 6 heteroatoms. The van der Waals surface area contributed by atoms with Gasteiger partial charge in [-0.25, -0.2) is 0 Å². The highest BCUT2D eigenvalue weighted by atomic mass is 16.7. The number of hydrogen-bond acceptors (Lipinski definition) is 5. The second-order valence-electron chi connectivity index (χ2n) is 10.4. The highest BCUT2D eigenvalue weighted by molar-refractivity contribution is 5.76. The molecule has 1 saturated carbocycles. The topological polar surface area (TPSA) is 74.2 Å². The third kappa shape index (κ3) is 4.39. The van der Waals surface area contributed by atoms with E-state index in [0.29, 0.717) is 6.61 Å². The molecule has 188 valence electrons. The third-order valence-corrected chi connectivity index (χ3v) is 7.78. The number of allylic oxidation sites excluding steroid dienone is 3. The lowest BCUT2D eigenvalue weighted by molar-refractivity contribution is -0.140. The molecule has 6 nitrogen and oxygen atoms in total. The summed E-state index contributed by atoms with van der Waals surface area (Å²) in [5, 5.41) is 9.28. The molecule has 2 saturated heterocycles. The zero-order chi connectivity index (χ0) is 24.8. The molecular weight excluding hydrogens is 456 g/mol. The molecule has 2 aliphatic carbocycles. The van der Waals surface area contributed by atoms with E-state index >= 15 is 0 Å². The van der Waals surface area contributed by atoms with Crippen LogP contribution in [0.1, 0.15) is 42.4 Å². The minimum Gasteiger partial charge on any atom is -0.493 e. The number of ether oxygens (including phenoxy) is 4. The van der Waals surface area contributed by atoms with Crippen molar-refractivity contribution in [1.82, 2.24) is 0 Å². The standard InChI is InChI=1S/C30H32O6/c1-17-12-22(35-25-8-3-4-11-33-25)13-18(2)26(17)20-7-5-6-19(14-20)16-34-21-9-10-23-24(15-21)36-29-27(23)28(29)30(31)32/h5-7,9,12-15,23,25,27-29H,3-4,8,10-11,16H2,1-2H3,(H,31,32)/t23?,25?,27-,28-,29-/m1/s1. The van der Waals surface area contributed by atoms with Crippen LogP contribution in [0.4, 0.5) is 0 Å². The average Bonchev–Trinajstić information content (AvgIpc) is 3.46. The largest absolute Gasteiger partial charge is 0.493 e. The Kier molecular flexibility index (Phi) is 6.00. The van der Waals surface area contributed by atoms with Crippen LogP contribution in [0.15, 0.2) is 60.1 Å². The summed E-state index contributed by atoms with van der Waals surface area (Å²) in [6, 6.07) is 12.6. The van der Waals surface area contributed by atoms with Crippen molar-refractivity contribution in [3.05, 3.63) is 76.8 Å². The van der Waals surface area contributed by atoms with Gasteiger partial charge in [0, 0.05) is 24.3 Å². The number of carboxylic acid groups (broad SMARTS) is 1. The van der Waals surface area contributed by atoms with Crippen LogP contribution < -0.4 is 4.74 Å². The van der Waals surface area contributed by atoms with Gasteiger partial charge in [-0.1, -0.05) is 18.2 Å². The molecule has 3 fully saturated rings. The maximum Gasteiger partial charge on any atom is 0.310 e. The number of carbonyl (C=O) groups is 1. The van der Waals surface area contributed by atoms with Crippen molar-refractivity contribution in [3.63, 3.8) is 0 Å². The lowest BCUT2D eigenvalue weighted by atomic mass is 9.92. The Labute approximate surface area is 211 Å². The van der Waals surface area contributed by atoms with Crippen molar-refractivity contribution >= 4 is 5.97 Å². The highest BCUT2D eigenvalue weighted by Gasteiger charge is 2.66. The molecule has 5 atom stereocenters. The Morgan fingerprint density at radius 1 is 1.14 bits per heavy atom. The molecule has 2 aromatic carbocycles. The summed E-state index contributed by atoms with van der Waals surface area (Å²) in [5.41, 5.74) is 5.79.